The van der Waals surface area contributed by atoms with Crippen molar-refractivity contribution >= 4 is 23.6 Å². The molecule has 28 heavy (non-hydrogen) atoms. The first-order chi connectivity index (χ1) is 13.4. The lowest BCUT2D eigenvalue weighted by Crippen LogP contribution is -2.41. The monoisotopic (exact) mass is 383 g/mol. The lowest BCUT2D eigenvalue weighted by molar-refractivity contribution is 0.0829. The Morgan fingerprint density at radius 2 is 1.71 bits per heavy atom. The van der Waals surface area contributed by atoms with Gasteiger partial charge in [0, 0.05) is 23.1 Å². The van der Waals surface area contributed by atoms with Gasteiger partial charge >= 0.3 is 11.9 Å². The minimum Gasteiger partial charge on any atom is -0.455 e. The van der Waals surface area contributed by atoms with Crippen LogP contribution in [0.5, 0.6) is 0 Å². The van der Waals surface area contributed by atoms with Gasteiger partial charge in [-0.3, -0.25) is 20.4 Å². The molecule has 0 spiro atoms. The van der Waals surface area contributed by atoms with Crippen LogP contribution in [-0.2, 0) is 6.42 Å². The Balaban J connectivity index is 1.74. The van der Waals surface area contributed by atoms with E-state index in [0.717, 1.165) is 12.0 Å². The smallest absolute Gasteiger partial charge is 0.332 e. The summed E-state index contributed by atoms with van der Waals surface area (Å²) in [4.78, 5) is 35.6. The number of hydrazine groups is 1. The van der Waals surface area contributed by atoms with Crippen molar-refractivity contribution in [3.8, 4) is 0 Å². The molecule has 2 aromatic rings. The number of rotatable bonds is 3. The summed E-state index contributed by atoms with van der Waals surface area (Å²) in [5, 5.41) is 4.01. The quantitative estimate of drug-likeness (QED) is 0.599. The molecular formula is C19H21N5O4. The molecule has 3 rings (SSSR count). The molecule has 0 saturated carbocycles. The average Bonchev–Trinajstić information content (AvgIpc) is 3.02. The third-order valence-corrected chi connectivity index (χ3v) is 4.44. The third-order valence-electron chi connectivity index (χ3n) is 4.44. The van der Waals surface area contributed by atoms with Crippen molar-refractivity contribution in [2.75, 3.05) is 0 Å². The van der Waals surface area contributed by atoms with Crippen molar-refractivity contribution in [2.45, 2.75) is 33.1 Å². The summed E-state index contributed by atoms with van der Waals surface area (Å²) in [6.45, 7) is 3.64. The van der Waals surface area contributed by atoms with Crippen LogP contribution >= 0.6 is 0 Å². The number of benzene rings is 1. The molecular weight excluding hydrogens is 362 g/mol. The van der Waals surface area contributed by atoms with Crippen LogP contribution in [0.15, 0.2) is 33.8 Å². The lowest BCUT2D eigenvalue weighted by atomic mass is 9.93. The summed E-state index contributed by atoms with van der Waals surface area (Å²) >= 11 is 0. The number of amides is 4. The van der Waals surface area contributed by atoms with Crippen molar-refractivity contribution < 1.29 is 18.8 Å². The van der Waals surface area contributed by atoms with E-state index < -0.39 is 17.8 Å². The highest BCUT2D eigenvalue weighted by atomic mass is 16.4. The van der Waals surface area contributed by atoms with E-state index in [4.69, 9.17) is 10.2 Å². The molecule has 5 N–H and O–H groups in total. The average molecular weight is 383 g/mol. The topological polar surface area (TPSA) is 139 Å². The maximum absolute atomic E-state index is 12.5. The fourth-order valence-corrected chi connectivity index (χ4v) is 3.07. The van der Waals surface area contributed by atoms with Crippen LogP contribution in [0.2, 0.25) is 0 Å². The molecule has 0 unspecified atom stereocenters. The van der Waals surface area contributed by atoms with Gasteiger partial charge in [0.05, 0.1) is 5.71 Å². The van der Waals surface area contributed by atoms with Crippen molar-refractivity contribution in [1.82, 2.24) is 16.3 Å². The second kappa shape index (κ2) is 7.95. The van der Waals surface area contributed by atoms with Crippen LogP contribution in [0, 0.1) is 13.8 Å². The normalized spacial score (nSPS) is 14.3. The Hall–Kier alpha value is -3.62. The van der Waals surface area contributed by atoms with Crippen molar-refractivity contribution in [1.29, 1.82) is 0 Å². The second-order valence-electron chi connectivity index (χ2n) is 6.52. The molecule has 0 radical (unpaired) electrons. The molecule has 1 aromatic heterocycles. The molecule has 1 aliphatic rings. The number of hydrogen-bond donors (Lipinski definition) is 4. The number of furan rings is 1. The van der Waals surface area contributed by atoms with Crippen LogP contribution in [0.4, 0.5) is 4.79 Å². The first-order valence-corrected chi connectivity index (χ1v) is 8.78. The molecule has 1 aliphatic carbocycles. The largest absolute Gasteiger partial charge is 0.455 e. The fraction of sp³-hybridized carbons (Fsp3) is 0.263. The molecule has 146 valence electrons. The van der Waals surface area contributed by atoms with Gasteiger partial charge in [0.2, 0.25) is 0 Å². The molecule has 9 heteroatoms. The summed E-state index contributed by atoms with van der Waals surface area (Å²) in [7, 11) is 0. The third kappa shape index (κ3) is 4.03. The summed E-state index contributed by atoms with van der Waals surface area (Å²) in [6.07, 6.45) is 2.04. The molecule has 0 aliphatic heterocycles. The van der Waals surface area contributed by atoms with E-state index in [0.29, 0.717) is 41.0 Å². The zero-order valence-corrected chi connectivity index (χ0v) is 15.6. The van der Waals surface area contributed by atoms with Crippen molar-refractivity contribution in [3.05, 3.63) is 58.0 Å². The maximum Gasteiger partial charge on any atom is 0.332 e. The van der Waals surface area contributed by atoms with Gasteiger partial charge in [-0.25, -0.2) is 10.2 Å². The predicted molar refractivity (Wildman–Crippen MR) is 102 cm³/mol. The number of fused-ring (bicyclic) bond motifs is 1. The Kier molecular flexibility index (Phi) is 5.44. The molecule has 9 nitrogen and oxygen atoms in total. The number of hydrazone groups is 1. The lowest BCUT2D eigenvalue weighted by Gasteiger charge is -2.13. The predicted octanol–water partition coefficient (Wildman–Crippen LogP) is 1.68. The first kappa shape index (κ1) is 19.2. The number of aryl methyl sites for hydroxylation is 2. The van der Waals surface area contributed by atoms with Crippen LogP contribution in [0.1, 0.15) is 56.2 Å². The number of primary amides is 1. The van der Waals surface area contributed by atoms with Gasteiger partial charge in [-0.15, -0.1) is 0 Å². The highest BCUT2D eigenvalue weighted by Gasteiger charge is 2.28. The summed E-state index contributed by atoms with van der Waals surface area (Å²) < 4.78 is 5.70. The van der Waals surface area contributed by atoms with Crippen LogP contribution in [-0.4, -0.2) is 23.6 Å². The highest BCUT2D eigenvalue weighted by Crippen LogP contribution is 2.29. The number of nitrogens with two attached hydrogens (primary N) is 1. The zero-order chi connectivity index (χ0) is 20.3. The van der Waals surface area contributed by atoms with E-state index in [1.165, 1.54) is 0 Å². The van der Waals surface area contributed by atoms with Crippen LogP contribution in [0.25, 0.3) is 0 Å². The van der Waals surface area contributed by atoms with Crippen LogP contribution in [0.3, 0.4) is 0 Å². The Labute approximate surface area is 161 Å². The molecule has 0 saturated heterocycles. The summed E-state index contributed by atoms with van der Waals surface area (Å²) in [5.74, 6) is -0.309. The Morgan fingerprint density at radius 3 is 2.39 bits per heavy atom. The number of hydrogen-bond acceptors (Lipinski definition) is 5. The van der Waals surface area contributed by atoms with E-state index in [1.807, 2.05) is 19.1 Å². The number of nitrogens with one attached hydrogen (secondary N) is 3. The molecule has 0 fully saturated rings. The van der Waals surface area contributed by atoms with Crippen molar-refractivity contribution in [2.24, 2.45) is 10.8 Å². The molecule has 1 heterocycles. The van der Waals surface area contributed by atoms with E-state index in [1.54, 1.807) is 19.1 Å². The summed E-state index contributed by atoms with van der Waals surface area (Å²) in [6, 6.07) is 6.19. The molecule has 0 atom stereocenters. The zero-order valence-electron chi connectivity index (χ0n) is 15.6. The SMILES string of the molecule is Cc1ccc(C(=O)NNC(=O)c2oc3c(c2C)/C(=N/NC(N)=O)CCC3)cc1. The van der Waals surface area contributed by atoms with Gasteiger partial charge in [0.15, 0.2) is 5.76 Å². The minimum atomic E-state index is -0.766. The molecule has 1 aromatic carbocycles. The number of carbonyl (C=O) groups excluding carboxylic acids is 3. The first-order valence-electron chi connectivity index (χ1n) is 8.78. The summed E-state index contributed by atoms with van der Waals surface area (Å²) in [5.41, 5.74) is 15.3. The number of carbonyl (C=O) groups is 3. The van der Waals surface area contributed by atoms with Gasteiger partial charge in [-0.05, 0) is 38.8 Å². The van der Waals surface area contributed by atoms with Crippen LogP contribution < -0.4 is 22.0 Å². The fourth-order valence-electron chi connectivity index (χ4n) is 3.07. The Bertz CT molecular complexity index is 959. The van der Waals surface area contributed by atoms with Gasteiger partial charge in [0.25, 0.3) is 5.91 Å². The Morgan fingerprint density at radius 1 is 1.04 bits per heavy atom. The second-order valence-corrected chi connectivity index (χ2v) is 6.52. The van der Waals surface area contributed by atoms with E-state index in [-0.39, 0.29) is 5.76 Å². The van der Waals surface area contributed by atoms with Gasteiger partial charge in [0.1, 0.15) is 5.76 Å². The maximum atomic E-state index is 12.5. The van der Waals surface area contributed by atoms with E-state index >= 15 is 0 Å². The standard InChI is InChI=1S/C19H21N5O4/c1-10-6-8-12(9-7-10)17(25)22-23-18(26)16-11(2)15-13(21-24-19(20)27)4-3-5-14(15)28-16/h6-9H,3-5H2,1-2H3,(H,22,25)(H,23,26)(H3,20,24,27)/b21-13+. The van der Waals surface area contributed by atoms with Crippen molar-refractivity contribution in [3.63, 3.8) is 0 Å². The highest BCUT2D eigenvalue weighted by molar-refractivity contribution is 6.07. The minimum absolute atomic E-state index is 0.0860. The molecule has 4 amide bonds. The molecule has 0 bridgehead atoms. The number of nitrogens with zero attached hydrogens (tertiary/aromatic N) is 1. The van der Waals surface area contributed by atoms with Gasteiger partial charge in [-0.2, -0.15) is 5.10 Å². The van der Waals surface area contributed by atoms with Gasteiger partial charge < -0.3 is 10.2 Å². The van der Waals surface area contributed by atoms with Gasteiger partial charge in [-0.1, -0.05) is 17.7 Å². The van der Waals surface area contributed by atoms with E-state index in [9.17, 15) is 14.4 Å². The van der Waals surface area contributed by atoms with E-state index in [2.05, 4.69) is 21.4 Å². The number of urea groups is 1.